The van der Waals surface area contributed by atoms with Crippen LogP contribution in [0.25, 0.3) is 0 Å². The third kappa shape index (κ3) is 5.93. The molecule has 2 aromatic rings. The summed E-state index contributed by atoms with van der Waals surface area (Å²) < 4.78 is 16.3. The third-order valence-electron chi connectivity index (χ3n) is 3.43. The number of hydrogen-bond donors (Lipinski definition) is 1. The topological polar surface area (TPSA) is 56.8 Å². The molecule has 0 aliphatic heterocycles. The van der Waals surface area contributed by atoms with Gasteiger partial charge in [-0.3, -0.25) is 4.79 Å². The van der Waals surface area contributed by atoms with Gasteiger partial charge >= 0.3 is 0 Å². The number of rotatable bonds is 9. The van der Waals surface area contributed by atoms with Crippen LogP contribution in [0.5, 0.6) is 11.5 Å². The van der Waals surface area contributed by atoms with Crippen molar-refractivity contribution in [3.8, 4) is 11.5 Å². The SMILES string of the molecule is COCCOc1c(Cl)cccc1NC(=O)c1cccc(OCC(C)C)c1. The lowest BCUT2D eigenvalue weighted by atomic mass is 10.2. The number of halogens is 1. The summed E-state index contributed by atoms with van der Waals surface area (Å²) in [5.74, 6) is 1.23. The maximum absolute atomic E-state index is 12.6. The monoisotopic (exact) mass is 377 g/mol. The summed E-state index contributed by atoms with van der Waals surface area (Å²) in [6.45, 7) is 5.49. The van der Waals surface area contributed by atoms with Gasteiger partial charge in [0.25, 0.3) is 5.91 Å². The van der Waals surface area contributed by atoms with Crippen LogP contribution >= 0.6 is 11.6 Å². The highest BCUT2D eigenvalue weighted by molar-refractivity contribution is 6.32. The van der Waals surface area contributed by atoms with Crippen LogP contribution < -0.4 is 14.8 Å². The van der Waals surface area contributed by atoms with Crippen LogP contribution in [-0.4, -0.2) is 32.8 Å². The number of hydrogen-bond acceptors (Lipinski definition) is 4. The minimum atomic E-state index is -0.265. The molecule has 26 heavy (non-hydrogen) atoms. The van der Waals surface area contributed by atoms with Gasteiger partial charge in [0.2, 0.25) is 0 Å². The molecule has 140 valence electrons. The number of benzene rings is 2. The van der Waals surface area contributed by atoms with Crippen molar-refractivity contribution in [2.75, 3.05) is 32.2 Å². The predicted molar refractivity (Wildman–Crippen MR) is 104 cm³/mol. The summed E-state index contributed by atoms with van der Waals surface area (Å²) in [6.07, 6.45) is 0. The van der Waals surface area contributed by atoms with E-state index in [1.807, 2.05) is 6.07 Å². The van der Waals surface area contributed by atoms with Gasteiger partial charge < -0.3 is 19.5 Å². The molecule has 2 aromatic carbocycles. The van der Waals surface area contributed by atoms with E-state index in [1.165, 1.54) is 0 Å². The van der Waals surface area contributed by atoms with E-state index in [4.69, 9.17) is 25.8 Å². The molecule has 0 unspecified atom stereocenters. The van der Waals surface area contributed by atoms with Crippen LogP contribution in [0.2, 0.25) is 5.02 Å². The van der Waals surface area contributed by atoms with Crippen molar-refractivity contribution >= 4 is 23.2 Å². The minimum Gasteiger partial charge on any atom is -0.493 e. The Labute approximate surface area is 159 Å². The van der Waals surface area contributed by atoms with Gasteiger partial charge in [0.15, 0.2) is 5.75 Å². The second kappa shape index (κ2) is 10.0. The van der Waals surface area contributed by atoms with Crippen molar-refractivity contribution in [1.29, 1.82) is 0 Å². The van der Waals surface area contributed by atoms with Crippen LogP contribution in [0.3, 0.4) is 0 Å². The molecule has 2 rings (SSSR count). The van der Waals surface area contributed by atoms with E-state index in [2.05, 4.69) is 19.2 Å². The van der Waals surface area contributed by atoms with Crippen molar-refractivity contribution < 1.29 is 19.0 Å². The van der Waals surface area contributed by atoms with Crippen molar-refractivity contribution in [2.24, 2.45) is 5.92 Å². The molecule has 5 nitrogen and oxygen atoms in total. The normalized spacial score (nSPS) is 10.7. The van der Waals surface area contributed by atoms with Crippen LogP contribution in [-0.2, 0) is 4.74 Å². The van der Waals surface area contributed by atoms with Gasteiger partial charge in [-0.15, -0.1) is 0 Å². The molecular weight excluding hydrogens is 354 g/mol. The fourth-order valence-corrected chi connectivity index (χ4v) is 2.39. The molecule has 0 saturated heterocycles. The van der Waals surface area contributed by atoms with E-state index in [0.717, 1.165) is 0 Å². The van der Waals surface area contributed by atoms with Crippen molar-refractivity contribution in [1.82, 2.24) is 0 Å². The molecule has 1 amide bonds. The van der Waals surface area contributed by atoms with Crippen LogP contribution in [0.15, 0.2) is 42.5 Å². The van der Waals surface area contributed by atoms with Crippen molar-refractivity contribution in [3.63, 3.8) is 0 Å². The second-order valence-corrected chi connectivity index (χ2v) is 6.55. The lowest BCUT2D eigenvalue weighted by Crippen LogP contribution is -2.14. The molecule has 6 heteroatoms. The number of carbonyl (C=O) groups is 1. The van der Waals surface area contributed by atoms with Gasteiger partial charge in [-0.2, -0.15) is 0 Å². The summed E-state index contributed by atoms with van der Waals surface area (Å²) >= 11 is 6.20. The average molecular weight is 378 g/mol. The number of ether oxygens (including phenoxy) is 3. The Kier molecular flexibility index (Phi) is 7.75. The summed E-state index contributed by atoms with van der Waals surface area (Å²) in [5.41, 5.74) is 1.00. The number of methoxy groups -OCH3 is 1. The fourth-order valence-electron chi connectivity index (χ4n) is 2.17. The van der Waals surface area contributed by atoms with Crippen LogP contribution in [0.1, 0.15) is 24.2 Å². The molecule has 0 aromatic heterocycles. The largest absolute Gasteiger partial charge is 0.493 e. The third-order valence-corrected chi connectivity index (χ3v) is 3.73. The first-order chi connectivity index (χ1) is 12.5. The first kappa shape index (κ1) is 20.1. The molecule has 0 bridgehead atoms. The molecule has 0 spiro atoms. The Morgan fingerprint density at radius 2 is 1.88 bits per heavy atom. The van der Waals surface area contributed by atoms with Gasteiger partial charge in [-0.1, -0.05) is 37.6 Å². The predicted octanol–water partition coefficient (Wildman–Crippen LogP) is 4.65. The van der Waals surface area contributed by atoms with E-state index in [-0.39, 0.29) is 5.91 Å². The maximum atomic E-state index is 12.6. The van der Waals surface area contributed by atoms with Crippen molar-refractivity contribution in [2.45, 2.75) is 13.8 Å². The fraction of sp³-hybridized carbons (Fsp3) is 0.350. The Morgan fingerprint density at radius 1 is 1.12 bits per heavy atom. The van der Waals surface area contributed by atoms with Gasteiger partial charge in [0, 0.05) is 12.7 Å². The van der Waals surface area contributed by atoms with Crippen molar-refractivity contribution in [3.05, 3.63) is 53.1 Å². The van der Waals surface area contributed by atoms with E-state index < -0.39 is 0 Å². The first-order valence-electron chi connectivity index (χ1n) is 8.45. The molecule has 0 atom stereocenters. The lowest BCUT2D eigenvalue weighted by molar-refractivity contribution is 0.102. The van der Waals surface area contributed by atoms with Gasteiger partial charge in [-0.05, 0) is 36.2 Å². The van der Waals surface area contributed by atoms with E-state index in [9.17, 15) is 4.79 Å². The number of carbonyl (C=O) groups excluding carboxylic acids is 1. The molecule has 0 fully saturated rings. The first-order valence-corrected chi connectivity index (χ1v) is 8.83. The number of amides is 1. The zero-order valence-corrected chi connectivity index (χ0v) is 16.0. The second-order valence-electron chi connectivity index (χ2n) is 6.14. The average Bonchev–Trinajstić information content (AvgIpc) is 2.62. The zero-order chi connectivity index (χ0) is 18.9. The van der Waals surface area contributed by atoms with E-state index in [0.29, 0.717) is 53.5 Å². The molecule has 0 aliphatic carbocycles. The summed E-state index contributed by atoms with van der Waals surface area (Å²) in [4.78, 5) is 12.6. The Bertz CT molecular complexity index is 734. The Morgan fingerprint density at radius 3 is 2.62 bits per heavy atom. The summed E-state index contributed by atoms with van der Waals surface area (Å²) in [6, 6.07) is 12.3. The molecule has 1 N–H and O–H groups in total. The highest BCUT2D eigenvalue weighted by Crippen LogP contribution is 2.33. The number of anilines is 1. The summed E-state index contributed by atoms with van der Waals surface area (Å²) in [5, 5.41) is 3.27. The minimum absolute atomic E-state index is 0.265. The van der Waals surface area contributed by atoms with Crippen LogP contribution in [0.4, 0.5) is 5.69 Å². The molecular formula is C20H24ClNO4. The Hall–Kier alpha value is -2.24. The van der Waals surface area contributed by atoms with Gasteiger partial charge in [0.1, 0.15) is 12.4 Å². The van der Waals surface area contributed by atoms with Crippen LogP contribution in [0, 0.1) is 5.92 Å². The Balaban J connectivity index is 2.12. The number of nitrogens with one attached hydrogen (secondary N) is 1. The smallest absolute Gasteiger partial charge is 0.255 e. The van der Waals surface area contributed by atoms with Gasteiger partial charge in [-0.25, -0.2) is 0 Å². The van der Waals surface area contributed by atoms with Gasteiger partial charge in [0.05, 0.1) is 23.9 Å². The standard InChI is InChI=1S/C20H24ClNO4/c1-14(2)13-26-16-7-4-6-15(12-16)20(23)22-18-9-5-8-17(21)19(18)25-11-10-24-3/h4-9,12,14H,10-11,13H2,1-3H3,(H,22,23). The molecule has 0 aliphatic rings. The number of para-hydroxylation sites is 1. The molecule has 0 radical (unpaired) electrons. The highest BCUT2D eigenvalue weighted by atomic mass is 35.5. The zero-order valence-electron chi connectivity index (χ0n) is 15.3. The maximum Gasteiger partial charge on any atom is 0.255 e. The quantitative estimate of drug-likeness (QED) is 0.646. The summed E-state index contributed by atoms with van der Waals surface area (Å²) in [7, 11) is 1.59. The van der Waals surface area contributed by atoms with E-state index >= 15 is 0 Å². The van der Waals surface area contributed by atoms with E-state index in [1.54, 1.807) is 43.5 Å². The lowest BCUT2D eigenvalue weighted by Gasteiger charge is -2.14. The highest BCUT2D eigenvalue weighted by Gasteiger charge is 2.13. The molecule has 0 saturated carbocycles. The molecule has 0 heterocycles.